The molecule has 0 unspecified atom stereocenters. The molecule has 0 aliphatic heterocycles. The number of unbranched alkanes of at least 4 members (excludes halogenated alkanes) is 20. The van der Waals surface area contributed by atoms with Crippen LogP contribution in [-0.4, -0.2) is 37.2 Å². The molecule has 44 heavy (non-hydrogen) atoms. The Hall–Kier alpha value is -1.59. The van der Waals surface area contributed by atoms with Crippen molar-refractivity contribution in [1.29, 1.82) is 0 Å². The van der Waals surface area contributed by atoms with E-state index in [2.05, 4.69) is 27.7 Å². The minimum Gasteiger partial charge on any atom is -0.462 e. The second kappa shape index (κ2) is 32.8. The predicted octanol–water partition coefficient (Wildman–Crippen LogP) is 11.2. The minimum absolute atomic E-state index is 0.0664. The number of hydrogen-bond donors (Lipinski definition) is 0. The molecule has 0 fully saturated rings. The van der Waals surface area contributed by atoms with Crippen LogP contribution in [0.15, 0.2) is 0 Å². The lowest BCUT2D eigenvalue weighted by atomic mass is 10.0. The Bertz CT molecular complexity index is 662. The zero-order valence-corrected chi connectivity index (χ0v) is 29.6. The van der Waals surface area contributed by atoms with Crippen molar-refractivity contribution in [2.75, 3.05) is 13.2 Å². The van der Waals surface area contributed by atoms with Crippen LogP contribution >= 0.6 is 0 Å². The van der Waals surface area contributed by atoms with Gasteiger partial charge in [-0.1, -0.05) is 163 Å². The van der Waals surface area contributed by atoms with Crippen LogP contribution in [0.4, 0.5) is 0 Å². The van der Waals surface area contributed by atoms with Gasteiger partial charge in [0.1, 0.15) is 13.2 Å². The third kappa shape index (κ3) is 31.8. The number of ether oxygens (including phenoxy) is 3. The van der Waals surface area contributed by atoms with Crippen molar-refractivity contribution in [3.05, 3.63) is 0 Å². The zero-order chi connectivity index (χ0) is 32.5. The standard InChI is InChI=1S/C38H72O6/c1-5-7-9-11-13-14-18-21-25-29-36(39)42-32-35(44-38(41)31-27-23-16-12-10-8-6-2)33-43-37(40)30-26-22-19-15-17-20-24-28-34(3)4/h34-35H,5-33H2,1-4H3/t35-/m0/s1. The lowest BCUT2D eigenvalue weighted by Gasteiger charge is -2.18. The van der Waals surface area contributed by atoms with E-state index in [9.17, 15) is 14.4 Å². The van der Waals surface area contributed by atoms with Gasteiger partial charge >= 0.3 is 17.9 Å². The van der Waals surface area contributed by atoms with Gasteiger partial charge in [0.15, 0.2) is 6.10 Å². The average Bonchev–Trinajstić information content (AvgIpc) is 3.00. The molecule has 0 radical (unpaired) electrons. The van der Waals surface area contributed by atoms with E-state index < -0.39 is 6.10 Å². The van der Waals surface area contributed by atoms with E-state index in [0.717, 1.165) is 63.7 Å². The highest BCUT2D eigenvalue weighted by Crippen LogP contribution is 2.14. The van der Waals surface area contributed by atoms with Crippen molar-refractivity contribution in [2.24, 2.45) is 5.92 Å². The van der Waals surface area contributed by atoms with Crippen molar-refractivity contribution in [3.63, 3.8) is 0 Å². The first kappa shape index (κ1) is 42.4. The van der Waals surface area contributed by atoms with Crippen LogP contribution in [0, 0.1) is 5.92 Å². The van der Waals surface area contributed by atoms with Crippen LogP contribution in [0.5, 0.6) is 0 Å². The molecule has 0 aliphatic carbocycles. The first-order chi connectivity index (χ1) is 21.4. The number of esters is 3. The van der Waals surface area contributed by atoms with Crippen molar-refractivity contribution < 1.29 is 28.6 Å². The summed E-state index contributed by atoms with van der Waals surface area (Å²) in [5, 5.41) is 0. The van der Waals surface area contributed by atoms with E-state index in [1.807, 2.05) is 0 Å². The highest BCUT2D eigenvalue weighted by molar-refractivity contribution is 5.71. The molecule has 260 valence electrons. The van der Waals surface area contributed by atoms with Crippen LogP contribution in [0.25, 0.3) is 0 Å². The fourth-order valence-electron chi connectivity index (χ4n) is 5.39. The van der Waals surface area contributed by atoms with Crippen molar-refractivity contribution in [3.8, 4) is 0 Å². The Morgan fingerprint density at radius 2 is 0.750 bits per heavy atom. The van der Waals surface area contributed by atoms with Gasteiger partial charge in [-0.25, -0.2) is 0 Å². The molecule has 0 N–H and O–H groups in total. The molecule has 0 aromatic heterocycles. The van der Waals surface area contributed by atoms with Crippen molar-refractivity contribution >= 4 is 17.9 Å². The van der Waals surface area contributed by atoms with Crippen LogP contribution < -0.4 is 0 Å². The Balaban J connectivity index is 4.33. The molecule has 0 rings (SSSR count). The molecule has 0 aliphatic rings. The van der Waals surface area contributed by atoms with Gasteiger partial charge in [0, 0.05) is 19.3 Å². The smallest absolute Gasteiger partial charge is 0.306 e. The summed E-state index contributed by atoms with van der Waals surface area (Å²) in [7, 11) is 0. The molecule has 0 aromatic carbocycles. The van der Waals surface area contributed by atoms with Crippen LogP contribution in [-0.2, 0) is 28.6 Å². The maximum Gasteiger partial charge on any atom is 0.306 e. The summed E-state index contributed by atoms with van der Waals surface area (Å²) in [5.74, 6) is -0.0958. The van der Waals surface area contributed by atoms with E-state index in [0.29, 0.717) is 19.3 Å². The molecule has 0 aromatic rings. The van der Waals surface area contributed by atoms with Gasteiger partial charge in [-0.2, -0.15) is 0 Å². The highest BCUT2D eigenvalue weighted by Gasteiger charge is 2.19. The molecule has 0 amide bonds. The van der Waals surface area contributed by atoms with E-state index in [1.54, 1.807) is 0 Å². The molecule has 0 saturated carbocycles. The van der Waals surface area contributed by atoms with Gasteiger partial charge in [-0.15, -0.1) is 0 Å². The summed E-state index contributed by atoms with van der Waals surface area (Å²) in [6, 6.07) is 0. The van der Waals surface area contributed by atoms with Gasteiger partial charge in [0.2, 0.25) is 0 Å². The summed E-state index contributed by atoms with van der Waals surface area (Å²) >= 11 is 0. The Morgan fingerprint density at radius 1 is 0.432 bits per heavy atom. The van der Waals surface area contributed by atoms with Crippen molar-refractivity contribution in [1.82, 2.24) is 0 Å². The number of carbonyl (C=O) groups excluding carboxylic acids is 3. The molecular weight excluding hydrogens is 552 g/mol. The maximum atomic E-state index is 12.5. The predicted molar refractivity (Wildman–Crippen MR) is 183 cm³/mol. The second-order valence-electron chi connectivity index (χ2n) is 13.3. The van der Waals surface area contributed by atoms with Crippen LogP contribution in [0.1, 0.15) is 201 Å². The Labute approximate surface area is 272 Å². The maximum absolute atomic E-state index is 12.5. The summed E-state index contributed by atoms with van der Waals surface area (Å²) < 4.78 is 16.5. The van der Waals surface area contributed by atoms with Crippen LogP contribution in [0.3, 0.4) is 0 Å². The second-order valence-corrected chi connectivity index (χ2v) is 13.3. The van der Waals surface area contributed by atoms with E-state index in [1.165, 1.54) is 96.3 Å². The van der Waals surface area contributed by atoms with E-state index >= 15 is 0 Å². The first-order valence-electron chi connectivity index (χ1n) is 18.9. The average molecular weight is 625 g/mol. The highest BCUT2D eigenvalue weighted by atomic mass is 16.6. The monoisotopic (exact) mass is 625 g/mol. The SMILES string of the molecule is CCCCCCCCCCCC(=O)OC[C@@H](COC(=O)CCCCCCCCCC(C)C)OC(=O)CCCCCCCCC. The summed E-state index contributed by atoms with van der Waals surface area (Å²) in [6.45, 7) is 8.85. The normalized spacial score (nSPS) is 11.9. The molecule has 6 nitrogen and oxygen atoms in total. The summed E-state index contributed by atoms with van der Waals surface area (Å²) in [5.41, 5.74) is 0. The molecule has 0 spiro atoms. The Kier molecular flexibility index (Phi) is 31.6. The molecule has 1 atom stereocenters. The van der Waals surface area contributed by atoms with E-state index in [4.69, 9.17) is 14.2 Å². The van der Waals surface area contributed by atoms with Gasteiger partial charge in [0.05, 0.1) is 0 Å². The summed E-state index contributed by atoms with van der Waals surface area (Å²) in [4.78, 5) is 37.2. The Morgan fingerprint density at radius 3 is 1.11 bits per heavy atom. The first-order valence-corrected chi connectivity index (χ1v) is 18.9. The van der Waals surface area contributed by atoms with Gasteiger partial charge in [0.25, 0.3) is 0 Å². The lowest BCUT2D eigenvalue weighted by Crippen LogP contribution is -2.30. The fourth-order valence-corrected chi connectivity index (χ4v) is 5.39. The molecular formula is C38H72O6. The third-order valence-corrected chi connectivity index (χ3v) is 8.29. The molecule has 0 bridgehead atoms. The van der Waals surface area contributed by atoms with Crippen molar-refractivity contribution in [2.45, 2.75) is 207 Å². The van der Waals surface area contributed by atoms with E-state index in [-0.39, 0.29) is 31.1 Å². The van der Waals surface area contributed by atoms with Gasteiger partial charge < -0.3 is 14.2 Å². The largest absolute Gasteiger partial charge is 0.462 e. The fraction of sp³-hybridized carbons (Fsp3) is 0.921. The minimum atomic E-state index is -0.756. The molecule has 0 heterocycles. The third-order valence-electron chi connectivity index (χ3n) is 8.29. The number of carbonyl (C=O) groups is 3. The number of rotatable bonds is 33. The topological polar surface area (TPSA) is 78.9 Å². The van der Waals surface area contributed by atoms with Crippen LogP contribution in [0.2, 0.25) is 0 Å². The quantitative estimate of drug-likeness (QED) is 0.0410. The molecule has 0 saturated heterocycles. The van der Waals surface area contributed by atoms with Gasteiger partial charge in [-0.05, 0) is 25.2 Å². The lowest BCUT2D eigenvalue weighted by molar-refractivity contribution is -0.167. The summed E-state index contributed by atoms with van der Waals surface area (Å²) in [6.07, 6.45) is 28.2. The van der Waals surface area contributed by atoms with Gasteiger partial charge in [-0.3, -0.25) is 14.4 Å². The zero-order valence-electron chi connectivity index (χ0n) is 29.6. The number of hydrogen-bond acceptors (Lipinski definition) is 6. The molecule has 6 heteroatoms.